The number of nitrogens with zero attached hydrogens (tertiary/aromatic N) is 2. The molecule has 4 fully saturated rings. The number of piperidine rings is 4. The van der Waals surface area contributed by atoms with Crippen molar-refractivity contribution in [1.82, 2.24) is 20.1 Å². The van der Waals surface area contributed by atoms with Crippen molar-refractivity contribution >= 4 is 22.8 Å². The van der Waals surface area contributed by atoms with E-state index in [4.69, 9.17) is 9.47 Å². The number of hydrogen-bond donors (Lipinski definition) is 4. The molecule has 5 aromatic rings. The molecule has 4 aromatic carbocycles. The number of aromatic hydroxyl groups is 1. The van der Waals surface area contributed by atoms with E-state index in [1.807, 2.05) is 59.5 Å². The number of likely N-dealkylation sites (tertiary alicyclic amines) is 1. The van der Waals surface area contributed by atoms with Gasteiger partial charge >= 0.3 is 5.97 Å². The molecule has 11 nitrogen and oxygen atoms in total. The van der Waals surface area contributed by atoms with Crippen molar-refractivity contribution < 1.29 is 29.3 Å². The maximum atomic E-state index is 13.4. The third-order valence-electron chi connectivity index (χ3n) is 12.5. The van der Waals surface area contributed by atoms with Crippen LogP contribution in [0.5, 0.6) is 11.5 Å². The zero-order valence-corrected chi connectivity index (χ0v) is 33.4. The van der Waals surface area contributed by atoms with E-state index in [-0.39, 0.29) is 41.6 Å². The van der Waals surface area contributed by atoms with Crippen LogP contribution < -0.4 is 15.6 Å². The number of pyridine rings is 1. The highest BCUT2D eigenvalue weighted by Gasteiger charge is 2.37. The van der Waals surface area contributed by atoms with E-state index < -0.39 is 6.10 Å². The van der Waals surface area contributed by atoms with Crippen LogP contribution in [0.4, 0.5) is 0 Å². The van der Waals surface area contributed by atoms with Crippen LogP contribution in [0.25, 0.3) is 10.9 Å². The highest BCUT2D eigenvalue weighted by molar-refractivity contribution is 5.94. The zero-order chi connectivity index (χ0) is 40.7. The molecule has 4 saturated heterocycles. The average Bonchev–Trinajstić information content (AvgIpc) is 3.27. The summed E-state index contributed by atoms with van der Waals surface area (Å²) in [5, 5.41) is 24.9. The number of nitrogens with one attached hydrogen (secondary N) is 2. The van der Waals surface area contributed by atoms with Gasteiger partial charge in [-0.25, -0.2) is 0 Å². The maximum absolute atomic E-state index is 13.4. The number of fused-ring (bicyclic) bond motifs is 4. The lowest BCUT2D eigenvalue weighted by Crippen LogP contribution is -2.52. The lowest BCUT2D eigenvalue weighted by molar-refractivity contribution is -0.159. The summed E-state index contributed by atoms with van der Waals surface area (Å²) in [6.45, 7) is 5.90. The van der Waals surface area contributed by atoms with E-state index in [0.717, 1.165) is 74.2 Å². The fraction of sp³-hybridized carbons (Fsp3) is 0.396. The van der Waals surface area contributed by atoms with E-state index in [1.165, 1.54) is 12.1 Å². The summed E-state index contributed by atoms with van der Waals surface area (Å²) in [5.74, 6) is 1.29. The van der Waals surface area contributed by atoms with Crippen LogP contribution in [0.2, 0.25) is 0 Å². The van der Waals surface area contributed by atoms with Crippen molar-refractivity contribution in [2.24, 2.45) is 11.8 Å². The van der Waals surface area contributed by atoms with Crippen LogP contribution >= 0.6 is 0 Å². The summed E-state index contributed by atoms with van der Waals surface area (Å²) in [5.41, 5.74) is 4.46. The van der Waals surface area contributed by atoms with Crippen molar-refractivity contribution in [3.8, 4) is 11.5 Å². The number of carbonyl (C=O) groups is 2. The first kappa shape index (κ1) is 40.3. The minimum Gasteiger partial charge on any atom is -0.506 e. The molecule has 0 aliphatic carbocycles. The summed E-state index contributed by atoms with van der Waals surface area (Å²) in [6, 6.07) is 32.1. The molecule has 0 radical (unpaired) electrons. The highest BCUT2D eigenvalue weighted by Crippen LogP contribution is 2.34. The molecule has 0 saturated carbocycles. The first-order valence-corrected chi connectivity index (χ1v) is 21.1. The first-order valence-electron chi connectivity index (χ1n) is 21.1. The number of esters is 1. The van der Waals surface area contributed by atoms with Crippen LogP contribution in [-0.2, 0) is 16.0 Å². The highest BCUT2D eigenvalue weighted by atomic mass is 16.5. The number of aromatic nitrogens is 1. The summed E-state index contributed by atoms with van der Waals surface area (Å²) < 4.78 is 12.5. The Bertz CT molecular complexity index is 2260. The average molecular weight is 799 g/mol. The molecule has 1 amide bonds. The molecule has 59 heavy (non-hydrogen) atoms. The van der Waals surface area contributed by atoms with E-state index in [2.05, 4.69) is 39.5 Å². The lowest BCUT2D eigenvalue weighted by Gasteiger charge is -2.44. The number of phenolic OH excluding ortho intramolecular Hbond substituents is 1. The summed E-state index contributed by atoms with van der Waals surface area (Å²) >= 11 is 0. The monoisotopic (exact) mass is 798 g/mol. The van der Waals surface area contributed by atoms with E-state index in [1.54, 1.807) is 12.1 Å². The topological polar surface area (TPSA) is 144 Å². The van der Waals surface area contributed by atoms with Gasteiger partial charge < -0.3 is 34.9 Å². The SMILES string of the molecule is O=C(C[C@@H](c1ccccc1)c1cccc(OCC2CCN(C(=O)c3ccc(CCNC[C@H](O)c4ccc(O)c5[nH]c(=O)ccc45)cc3)CC2)c1)O[C@H]1CN2CCC1CC2. The van der Waals surface area contributed by atoms with Gasteiger partial charge in [0.1, 0.15) is 17.6 Å². The Morgan fingerprint density at radius 2 is 1.61 bits per heavy atom. The second-order valence-corrected chi connectivity index (χ2v) is 16.4. The number of hydrogen-bond acceptors (Lipinski definition) is 9. The van der Waals surface area contributed by atoms with Gasteiger partial charge in [0.25, 0.3) is 5.91 Å². The number of phenols is 1. The molecular formula is C48H54N4O7. The molecule has 4 N–H and O–H groups in total. The minimum atomic E-state index is -0.827. The summed E-state index contributed by atoms with van der Waals surface area (Å²) in [7, 11) is 0. The van der Waals surface area contributed by atoms with E-state index in [9.17, 15) is 24.6 Å². The maximum Gasteiger partial charge on any atom is 0.307 e. The van der Waals surface area contributed by atoms with Crippen LogP contribution in [-0.4, -0.2) is 95.4 Å². The number of carbonyl (C=O) groups excluding carboxylic acids is 2. The van der Waals surface area contributed by atoms with Gasteiger partial charge in [-0.15, -0.1) is 0 Å². The fourth-order valence-corrected chi connectivity index (χ4v) is 9.01. The molecular weight excluding hydrogens is 745 g/mol. The molecule has 9 rings (SSSR count). The molecule has 4 aliphatic heterocycles. The van der Waals surface area contributed by atoms with E-state index in [0.29, 0.717) is 66.7 Å². The predicted molar refractivity (Wildman–Crippen MR) is 227 cm³/mol. The van der Waals surface area contributed by atoms with Gasteiger partial charge in [-0.1, -0.05) is 60.7 Å². The summed E-state index contributed by atoms with van der Waals surface area (Å²) in [4.78, 5) is 45.5. The Morgan fingerprint density at radius 3 is 2.36 bits per heavy atom. The predicted octanol–water partition coefficient (Wildman–Crippen LogP) is 6.19. The van der Waals surface area contributed by atoms with Gasteiger partial charge in [-0.2, -0.15) is 0 Å². The normalized spacial score (nSPS) is 20.3. The molecule has 4 aliphatic rings. The third-order valence-corrected chi connectivity index (χ3v) is 12.5. The Hall–Kier alpha value is -5.49. The van der Waals surface area contributed by atoms with Crippen molar-refractivity contribution in [2.75, 3.05) is 52.4 Å². The Labute approximate surface area is 345 Å². The first-order chi connectivity index (χ1) is 28.8. The standard InChI is InChI=1S/C48H54N4O7/c53-42-15-13-39(40-14-16-45(55)50-47(40)42)43(54)29-49-22-17-32-9-11-36(12-10-32)48(57)52-25-18-33(19-26-52)31-58-38-8-4-7-37(27-38)41(34-5-2-1-3-6-34)28-46(56)59-44-30-51-23-20-35(44)21-24-51/h1-16,27,33,35,41,43-44,49,53-54H,17-26,28-31H2,(H,50,55)/t41-,43-,44-/m0/s1. The van der Waals surface area contributed by atoms with Gasteiger partial charge in [0.15, 0.2) is 0 Å². The number of aliphatic hydroxyl groups excluding tert-OH is 1. The smallest absolute Gasteiger partial charge is 0.307 e. The second-order valence-electron chi connectivity index (χ2n) is 16.4. The Kier molecular flexibility index (Phi) is 12.7. The number of benzene rings is 4. The molecule has 308 valence electrons. The van der Waals surface area contributed by atoms with Crippen molar-refractivity contribution in [3.05, 3.63) is 141 Å². The van der Waals surface area contributed by atoms with Crippen LogP contribution in [0.15, 0.2) is 108 Å². The summed E-state index contributed by atoms with van der Waals surface area (Å²) in [6.07, 6.45) is 4.09. The van der Waals surface area contributed by atoms with Gasteiger partial charge in [0.05, 0.1) is 24.6 Å². The molecule has 5 heterocycles. The second kappa shape index (κ2) is 18.6. The molecule has 0 spiro atoms. The number of aromatic amines is 1. The number of rotatable bonds is 15. The zero-order valence-electron chi connectivity index (χ0n) is 33.4. The molecule has 1 aromatic heterocycles. The Balaban J connectivity index is 0.784. The minimum absolute atomic E-state index is 0.0104. The molecule has 11 heteroatoms. The van der Waals surface area contributed by atoms with Crippen LogP contribution in [0.1, 0.15) is 76.7 Å². The van der Waals surface area contributed by atoms with Gasteiger partial charge in [0.2, 0.25) is 5.56 Å². The molecule has 3 atom stereocenters. The third kappa shape index (κ3) is 9.87. The van der Waals surface area contributed by atoms with Crippen LogP contribution in [0.3, 0.4) is 0 Å². The molecule has 2 bridgehead atoms. The lowest BCUT2D eigenvalue weighted by atomic mass is 9.85. The van der Waals surface area contributed by atoms with Crippen molar-refractivity contribution in [1.29, 1.82) is 0 Å². The number of aliphatic hydroxyl groups is 1. The number of amides is 1. The van der Waals surface area contributed by atoms with Gasteiger partial charge in [-0.3, -0.25) is 19.3 Å². The van der Waals surface area contributed by atoms with Gasteiger partial charge in [0, 0.05) is 49.1 Å². The van der Waals surface area contributed by atoms with E-state index >= 15 is 0 Å². The Morgan fingerprint density at radius 1 is 0.847 bits per heavy atom. The fourth-order valence-electron chi connectivity index (χ4n) is 9.01. The quantitative estimate of drug-likeness (QED) is 0.0720. The van der Waals surface area contributed by atoms with Crippen LogP contribution in [0, 0.1) is 11.8 Å². The molecule has 0 unspecified atom stereocenters. The van der Waals surface area contributed by atoms with Crippen molar-refractivity contribution in [3.63, 3.8) is 0 Å². The number of ether oxygens (including phenoxy) is 2. The largest absolute Gasteiger partial charge is 0.506 e. The van der Waals surface area contributed by atoms with Gasteiger partial charge in [-0.05, 0) is 122 Å². The number of H-pyrrole nitrogens is 1. The van der Waals surface area contributed by atoms with Crippen molar-refractivity contribution in [2.45, 2.75) is 56.7 Å².